The standard InChI is InChI=1S/C26H24ClFN2O3S/c1-4-34(32,33)20-8-5-7-18(15-20)17-11-13-19(14-12-17)30-16-23(26(2,3)31)29-25(30)21-9-6-10-22(28)24(21)27/h5-16,31H,4H2,1-3H3. The Labute approximate surface area is 203 Å². The number of nitrogens with zero attached hydrogens (tertiary/aromatic N) is 2. The number of aromatic nitrogens is 2. The molecule has 8 heteroatoms. The third-order valence-corrected chi connectivity index (χ3v) is 7.69. The van der Waals surface area contributed by atoms with Crippen LogP contribution < -0.4 is 0 Å². The second-order valence-corrected chi connectivity index (χ2v) is 11.1. The first-order chi connectivity index (χ1) is 16.0. The van der Waals surface area contributed by atoms with Gasteiger partial charge in [0.25, 0.3) is 0 Å². The maximum absolute atomic E-state index is 14.2. The third-order valence-electron chi connectivity index (χ3n) is 5.58. The van der Waals surface area contributed by atoms with Gasteiger partial charge >= 0.3 is 0 Å². The van der Waals surface area contributed by atoms with Crippen LogP contribution in [0.15, 0.2) is 77.8 Å². The molecular formula is C26H24ClFN2O3S. The first kappa shape index (κ1) is 24.1. The van der Waals surface area contributed by atoms with Crippen LogP contribution in [0.3, 0.4) is 0 Å². The van der Waals surface area contributed by atoms with Crippen LogP contribution in [-0.4, -0.2) is 28.8 Å². The molecule has 1 N–H and O–H groups in total. The van der Waals surface area contributed by atoms with E-state index in [4.69, 9.17) is 11.6 Å². The number of aliphatic hydroxyl groups is 1. The van der Waals surface area contributed by atoms with Crippen LogP contribution >= 0.6 is 11.6 Å². The Bertz CT molecular complexity index is 1460. The van der Waals surface area contributed by atoms with Crippen LogP contribution in [0.1, 0.15) is 26.5 Å². The largest absolute Gasteiger partial charge is 0.384 e. The van der Waals surface area contributed by atoms with E-state index in [1.807, 2.05) is 30.3 Å². The minimum absolute atomic E-state index is 0.0327. The molecule has 4 aromatic rings. The Kier molecular flexibility index (Phi) is 6.38. The second-order valence-electron chi connectivity index (χ2n) is 8.46. The van der Waals surface area contributed by atoms with Gasteiger partial charge in [-0.05, 0) is 61.4 Å². The molecule has 0 saturated heterocycles. The molecule has 0 aliphatic heterocycles. The summed E-state index contributed by atoms with van der Waals surface area (Å²) in [5.74, 6) is -0.133. The number of hydrogen-bond donors (Lipinski definition) is 1. The lowest BCUT2D eigenvalue weighted by molar-refractivity contribution is 0.0743. The molecule has 0 unspecified atom stereocenters. The average Bonchev–Trinajstić information content (AvgIpc) is 3.27. The van der Waals surface area contributed by atoms with E-state index in [1.165, 1.54) is 6.07 Å². The van der Waals surface area contributed by atoms with Gasteiger partial charge in [-0.15, -0.1) is 0 Å². The molecule has 0 bridgehead atoms. The molecule has 0 radical (unpaired) electrons. The van der Waals surface area contributed by atoms with Gasteiger partial charge in [-0.2, -0.15) is 0 Å². The third kappa shape index (κ3) is 4.64. The molecule has 0 fully saturated rings. The van der Waals surface area contributed by atoms with E-state index in [-0.39, 0.29) is 15.7 Å². The van der Waals surface area contributed by atoms with E-state index in [9.17, 15) is 17.9 Å². The van der Waals surface area contributed by atoms with Gasteiger partial charge in [0, 0.05) is 17.4 Å². The predicted octanol–water partition coefficient (Wildman–Crippen LogP) is 6.02. The van der Waals surface area contributed by atoms with E-state index in [0.29, 0.717) is 17.1 Å². The topological polar surface area (TPSA) is 72.2 Å². The molecular weight excluding hydrogens is 475 g/mol. The van der Waals surface area contributed by atoms with E-state index in [1.54, 1.807) is 61.9 Å². The number of rotatable bonds is 6. The molecule has 0 amide bonds. The Morgan fingerprint density at radius 1 is 1.03 bits per heavy atom. The molecule has 0 aliphatic rings. The fourth-order valence-corrected chi connectivity index (χ4v) is 4.72. The first-order valence-electron chi connectivity index (χ1n) is 10.7. The highest BCUT2D eigenvalue weighted by Gasteiger charge is 2.24. The Hall–Kier alpha value is -3.00. The van der Waals surface area contributed by atoms with E-state index in [0.717, 1.165) is 16.8 Å². The summed E-state index contributed by atoms with van der Waals surface area (Å²) in [6, 6.07) is 18.8. The number of hydrogen-bond acceptors (Lipinski definition) is 4. The normalized spacial score (nSPS) is 12.2. The van der Waals surface area contributed by atoms with Crippen molar-refractivity contribution in [1.29, 1.82) is 0 Å². The highest BCUT2D eigenvalue weighted by atomic mass is 35.5. The van der Waals surface area contributed by atoms with E-state index in [2.05, 4.69) is 4.98 Å². The SMILES string of the molecule is CCS(=O)(=O)c1cccc(-c2ccc(-n3cc(C(C)(C)O)nc3-c3cccc(F)c3Cl)cc2)c1. The van der Waals surface area contributed by atoms with Crippen molar-refractivity contribution in [1.82, 2.24) is 9.55 Å². The maximum Gasteiger partial charge on any atom is 0.178 e. The molecule has 176 valence electrons. The van der Waals surface area contributed by atoms with Crippen molar-refractivity contribution in [2.75, 3.05) is 5.75 Å². The monoisotopic (exact) mass is 498 g/mol. The summed E-state index contributed by atoms with van der Waals surface area (Å²) in [5, 5.41) is 10.5. The summed E-state index contributed by atoms with van der Waals surface area (Å²) in [7, 11) is -3.31. The van der Waals surface area contributed by atoms with E-state index < -0.39 is 21.3 Å². The highest BCUT2D eigenvalue weighted by Crippen LogP contribution is 2.34. The second kappa shape index (κ2) is 8.98. The fourth-order valence-electron chi connectivity index (χ4n) is 3.59. The minimum atomic E-state index is -3.31. The van der Waals surface area contributed by atoms with Crippen molar-refractivity contribution in [3.8, 4) is 28.2 Å². The van der Waals surface area contributed by atoms with E-state index >= 15 is 0 Å². The predicted molar refractivity (Wildman–Crippen MR) is 132 cm³/mol. The van der Waals surface area contributed by atoms with Crippen LogP contribution in [0, 0.1) is 5.82 Å². The molecule has 0 spiro atoms. The van der Waals surface area contributed by atoms with Crippen LogP contribution in [-0.2, 0) is 15.4 Å². The van der Waals surface area contributed by atoms with Crippen LogP contribution in [0.5, 0.6) is 0 Å². The van der Waals surface area contributed by atoms with Crippen LogP contribution in [0.2, 0.25) is 5.02 Å². The molecule has 0 saturated carbocycles. The Morgan fingerprint density at radius 3 is 2.35 bits per heavy atom. The van der Waals surface area contributed by atoms with Crippen LogP contribution in [0.4, 0.5) is 4.39 Å². The van der Waals surface area contributed by atoms with Gasteiger partial charge in [-0.1, -0.05) is 48.9 Å². The van der Waals surface area contributed by atoms with Gasteiger partial charge in [0.15, 0.2) is 9.84 Å². The lowest BCUT2D eigenvalue weighted by atomic mass is 10.1. The van der Waals surface area contributed by atoms with Crippen molar-refractivity contribution >= 4 is 21.4 Å². The Morgan fingerprint density at radius 2 is 1.71 bits per heavy atom. The molecule has 1 heterocycles. The average molecular weight is 499 g/mol. The van der Waals surface area contributed by atoms with Gasteiger partial charge in [0.05, 0.1) is 21.4 Å². The zero-order valence-corrected chi connectivity index (χ0v) is 20.5. The minimum Gasteiger partial charge on any atom is -0.384 e. The summed E-state index contributed by atoms with van der Waals surface area (Å²) in [6.07, 6.45) is 1.69. The number of halogens is 2. The van der Waals surface area contributed by atoms with Crippen molar-refractivity contribution in [2.45, 2.75) is 31.3 Å². The quantitative estimate of drug-likeness (QED) is 0.353. The van der Waals surface area contributed by atoms with Gasteiger partial charge < -0.3 is 5.11 Å². The number of imidazole rings is 1. The van der Waals surface area contributed by atoms with Crippen molar-refractivity contribution in [3.63, 3.8) is 0 Å². The first-order valence-corrected chi connectivity index (χ1v) is 12.7. The highest BCUT2D eigenvalue weighted by molar-refractivity contribution is 7.91. The van der Waals surface area contributed by atoms with Gasteiger partial charge in [0.1, 0.15) is 17.2 Å². The molecule has 4 rings (SSSR count). The number of sulfone groups is 1. The zero-order valence-electron chi connectivity index (χ0n) is 19.0. The summed E-state index contributed by atoms with van der Waals surface area (Å²) >= 11 is 6.24. The summed E-state index contributed by atoms with van der Waals surface area (Å²) < 4.78 is 40.4. The fraction of sp³-hybridized carbons (Fsp3) is 0.192. The maximum atomic E-state index is 14.2. The van der Waals surface area contributed by atoms with Crippen molar-refractivity contribution < 1.29 is 17.9 Å². The Balaban J connectivity index is 1.80. The summed E-state index contributed by atoms with van der Waals surface area (Å²) in [6.45, 7) is 4.86. The smallest absolute Gasteiger partial charge is 0.178 e. The molecule has 34 heavy (non-hydrogen) atoms. The lowest BCUT2D eigenvalue weighted by Gasteiger charge is -2.13. The number of benzene rings is 3. The summed E-state index contributed by atoms with van der Waals surface area (Å²) in [4.78, 5) is 4.84. The lowest BCUT2D eigenvalue weighted by Crippen LogP contribution is -2.15. The molecule has 3 aromatic carbocycles. The zero-order chi connectivity index (χ0) is 24.7. The molecule has 5 nitrogen and oxygen atoms in total. The van der Waals surface area contributed by atoms with Crippen molar-refractivity contribution in [2.24, 2.45) is 0 Å². The molecule has 1 aromatic heterocycles. The van der Waals surface area contributed by atoms with Crippen LogP contribution in [0.25, 0.3) is 28.2 Å². The molecule has 0 aliphatic carbocycles. The summed E-state index contributed by atoms with van der Waals surface area (Å²) in [5.41, 5.74) is 1.93. The van der Waals surface area contributed by atoms with Gasteiger partial charge in [-0.25, -0.2) is 17.8 Å². The van der Waals surface area contributed by atoms with Crippen molar-refractivity contribution in [3.05, 3.63) is 89.5 Å². The van der Waals surface area contributed by atoms with Gasteiger partial charge in [0.2, 0.25) is 0 Å². The van der Waals surface area contributed by atoms with Gasteiger partial charge in [-0.3, -0.25) is 4.57 Å². The molecule has 0 atom stereocenters.